The largest absolute Gasteiger partial charge is 0.274 e. The first kappa shape index (κ1) is 15.9. The lowest BCUT2D eigenvalue weighted by Gasteiger charge is -2.19. The van der Waals surface area contributed by atoms with Crippen LogP contribution in [0.2, 0.25) is 5.02 Å². The van der Waals surface area contributed by atoms with Crippen LogP contribution in [-0.4, -0.2) is 11.8 Å². The van der Waals surface area contributed by atoms with Gasteiger partial charge in [0.15, 0.2) is 0 Å². The van der Waals surface area contributed by atoms with Gasteiger partial charge in [-0.3, -0.25) is 14.5 Å². The van der Waals surface area contributed by atoms with Crippen molar-refractivity contribution in [3.05, 3.63) is 64.7 Å². The average Bonchev–Trinajstić information content (AvgIpc) is 3.00. The van der Waals surface area contributed by atoms with Crippen molar-refractivity contribution in [2.75, 3.05) is 4.90 Å². The Labute approximate surface area is 163 Å². The maximum Gasteiger partial charge on any atom is 0.237 e. The lowest BCUT2D eigenvalue weighted by molar-refractivity contribution is -0.123. The fraction of sp³-hybridized carbons (Fsp3) is 0.391. The second-order valence-electron chi connectivity index (χ2n) is 8.70. The van der Waals surface area contributed by atoms with Crippen LogP contribution >= 0.6 is 11.6 Å². The van der Waals surface area contributed by atoms with Gasteiger partial charge in [0.1, 0.15) is 0 Å². The first-order valence-electron chi connectivity index (χ1n) is 9.76. The Balaban J connectivity index is 1.32. The summed E-state index contributed by atoms with van der Waals surface area (Å²) >= 11 is 6.19. The van der Waals surface area contributed by atoms with Crippen molar-refractivity contribution in [1.29, 1.82) is 0 Å². The van der Waals surface area contributed by atoms with Crippen LogP contribution in [0.5, 0.6) is 0 Å². The third-order valence-electron chi connectivity index (χ3n) is 7.51. The first-order valence-corrected chi connectivity index (χ1v) is 10.1. The Bertz CT molecular complexity index is 950. The van der Waals surface area contributed by atoms with E-state index in [1.807, 2.05) is 43.3 Å². The number of rotatable bonds is 2. The standard InChI is InChI=1S/C23H20ClNO2/c1-11-5-7-14(8-6-11)25-22(26)20-15-10-16(21(20)23(25)27)19-17(18(15)19)12-3-2-4-13(24)9-12/h2-9,15-21H,10H2,1H3/t15-,16+,17?,18-,19+,20+,21-. The molecule has 1 aliphatic heterocycles. The minimum atomic E-state index is -0.116. The molecule has 4 fully saturated rings. The van der Waals surface area contributed by atoms with Gasteiger partial charge in [0.2, 0.25) is 11.8 Å². The molecule has 3 aliphatic carbocycles. The van der Waals surface area contributed by atoms with E-state index in [-0.39, 0.29) is 23.7 Å². The second kappa shape index (κ2) is 5.23. The van der Waals surface area contributed by atoms with E-state index in [1.165, 1.54) is 10.5 Å². The molecule has 6 rings (SSSR count). The Morgan fingerprint density at radius 2 is 1.52 bits per heavy atom. The van der Waals surface area contributed by atoms with E-state index in [0.717, 1.165) is 22.7 Å². The number of benzene rings is 2. The molecule has 2 amide bonds. The maximum atomic E-state index is 13.2. The van der Waals surface area contributed by atoms with E-state index >= 15 is 0 Å². The molecule has 2 aromatic carbocycles. The van der Waals surface area contributed by atoms with Crippen molar-refractivity contribution in [2.24, 2.45) is 35.5 Å². The summed E-state index contributed by atoms with van der Waals surface area (Å²) in [7, 11) is 0. The van der Waals surface area contributed by atoms with Crippen LogP contribution in [0, 0.1) is 42.4 Å². The van der Waals surface area contributed by atoms with Crippen LogP contribution in [-0.2, 0) is 9.59 Å². The van der Waals surface area contributed by atoms with Crippen molar-refractivity contribution in [1.82, 2.24) is 0 Å². The number of carbonyl (C=O) groups excluding carboxylic acids is 2. The third-order valence-corrected chi connectivity index (χ3v) is 7.75. The Morgan fingerprint density at radius 1 is 0.889 bits per heavy atom. The van der Waals surface area contributed by atoms with Gasteiger partial charge >= 0.3 is 0 Å². The van der Waals surface area contributed by atoms with E-state index in [0.29, 0.717) is 29.6 Å². The second-order valence-corrected chi connectivity index (χ2v) is 9.13. The summed E-state index contributed by atoms with van der Waals surface area (Å²) in [6.45, 7) is 2.01. The van der Waals surface area contributed by atoms with Gasteiger partial charge in [-0.15, -0.1) is 0 Å². The Morgan fingerprint density at radius 3 is 2.11 bits per heavy atom. The van der Waals surface area contributed by atoms with Gasteiger partial charge in [0.05, 0.1) is 17.5 Å². The van der Waals surface area contributed by atoms with E-state index in [9.17, 15) is 9.59 Å². The number of hydrogen-bond donors (Lipinski definition) is 0. The smallest absolute Gasteiger partial charge is 0.237 e. The molecule has 0 radical (unpaired) electrons. The number of aryl methyl sites for hydroxylation is 1. The number of nitrogens with zero attached hydrogens (tertiary/aromatic N) is 1. The zero-order chi connectivity index (χ0) is 18.4. The molecule has 3 nitrogen and oxygen atoms in total. The number of anilines is 1. The third kappa shape index (κ3) is 1.98. The molecule has 1 saturated heterocycles. The normalized spacial score (nSPS) is 38.3. The molecule has 0 spiro atoms. The van der Waals surface area contributed by atoms with E-state index in [1.54, 1.807) is 0 Å². The van der Waals surface area contributed by atoms with Gasteiger partial charge in [-0.25, -0.2) is 0 Å². The molecule has 0 N–H and O–H groups in total. The highest BCUT2D eigenvalue weighted by atomic mass is 35.5. The highest BCUT2D eigenvalue weighted by Gasteiger charge is 2.76. The van der Waals surface area contributed by atoms with Gasteiger partial charge < -0.3 is 0 Å². The van der Waals surface area contributed by atoms with Crippen molar-refractivity contribution in [2.45, 2.75) is 19.3 Å². The van der Waals surface area contributed by atoms with Gasteiger partial charge in [-0.05, 0) is 72.8 Å². The maximum absolute atomic E-state index is 13.2. The molecule has 4 heteroatoms. The fourth-order valence-electron chi connectivity index (χ4n) is 6.58. The minimum absolute atomic E-state index is 0.0246. The molecular formula is C23H20ClNO2. The zero-order valence-corrected chi connectivity index (χ0v) is 15.8. The summed E-state index contributed by atoms with van der Waals surface area (Å²) in [5.74, 6) is 2.08. The van der Waals surface area contributed by atoms with Crippen LogP contribution in [0.4, 0.5) is 5.69 Å². The van der Waals surface area contributed by atoms with E-state index < -0.39 is 0 Å². The average molecular weight is 378 g/mol. The topological polar surface area (TPSA) is 37.4 Å². The van der Waals surface area contributed by atoms with Crippen molar-refractivity contribution in [3.63, 3.8) is 0 Å². The lowest BCUT2D eigenvalue weighted by atomic mass is 9.81. The molecule has 1 heterocycles. The Hall–Kier alpha value is -2.13. The number of fused-ring (bicyclic) bond motifs is 8. The molecule has 2 bridgehead atoms. The quantitative estimate of drug-likeness (QED) is 0.726. The number of hydrogen-bond acceptors (Lipinski definition) is 2. The van der Waals surface area contributed by atoms with Gasteiger partial charge in [-0.1, -0.05) is 41.4 Å². The monoisotopic (exact) mass is 377 g/mol. The summed E-state index contributed by atoms with van der Waals surface area (Å²) in [4.78, 5) is 27.9. The zero-order valence-electron chi connectivity index (χ0n) is 15.0. The number of halogens is 1. The highest BCUT2D eigenvalue weighted by molar-refractivity contribution is 6.30. The predicted molar refractivity (Wildman–Crippen MR) is 103 cm³/mol. The molecule has 3 saturated carbocycles. The summed E-state index contributed by atoms with van der Waals surface area (Å²) in [6, 6.07) is 15.8. The highest BCUT2D eigenvalue weighted by Crippen LogP contribution is 2.77. The van der Waals surface area contributed by atoms with Crippen LogP contribution in [0.15, 0.2) is 48.5 Å². The first-order chi connectivity index (χ1) is 13.1. The van der Waals surface area contributed by atoms with Gasteiger partial charge in [-0.2, -0.15) is 0 Å². The van der Waals surface area contributed by atoms with Gasteiger partial charge in [0.25, 0.3) is 0 Å². The van der Waals surface area contributed by atoms with Crippen molar-refractivity contribution < 1.29 is 9.59 Å². The molecular weight excluding hydrogens is 358 g/mol. The SMILES string of the molecule is Cc1ccc(N2C(=O)[C@@H]3[C@H]4C[C@@H]([C@@H]3C2=O)[C@@H]2C(c3cccc(Cl)c3)[C@H]42)cc1. The van der Waals surface area contributed by atoms with Crippen molar-refractivity contribution >= 4 is 29.1 Å². The van der Waals surface area contributed by atoms with Crippen LogP contribution in [0.25, 0.3) is 0 Å². The molecule has 4 aliphatic rings. The van der Waals surface area contributed by atoms with Crippen LogP contribution in [0.1, 0.15) is 23.5 Å². The number of amides is 2. The van der Waals surface area contributed by atoms with Crippen molar-refractivity contribution in [3.8, 4) is 0 Å². The summed E-state index contributed by atoms with van der Waals surface area (Å²) in [5.41, 5.74) is 3.13. The van der Waals surface area contributed by atoms with Crippen LogP contribution < -0.4 is 4.90 Å². The molecule has 0 aromatic heterocycles. The molecule has 27 heavy (non-hydrogen) atoms. The van der Waals surface area contributed by atoms with E-state index in [2.05, 4.69) is 12.1 Å². The summed E-state index contributed by atoms with van der Waals surface area (Å²) in [6.07, 6.45) is 1.04. The molecule has 2 aromatic rings. The number of imide groups is 1. The predicted octanol–water partition coefficient (Wildman–Crippen LogP) is 4.43. The summed E-state index contributed by atoms with van der Waals surface area (Å²) < 4.78 is 0. The number of carbonyl (C=O) groups is 2. The summed E-state index contributed by atoms with van der Waals surface area (Å²) in [5, 5.41) is 0.766. The van der Waals surface area contributed by atoms with E-state index in [4.69, 9.17) is 11.6 Å². The minimum Gasteiger partial charge on any atom is -0.274 e. The van der Waals surface area contributed by atoms with Gasteiger partial charge in [0, 0.05) is 5.02 Å². The Kier molecular flexibility index (Phi) is 3.08. The lowest BCUT2D eigenvalue weighted by Crippen LogP contribution is -2.33. The molecule has 7 atom stereocenters. The van der Waals surface area contributed by atoms with Crippen LogP contribution in [0.3, 0.4) is 0 Å². The molecule has 1 unspecified atom stereocenters. The molecule has 136 valence electrons. The fourth-order valence-corrected chi connectivity index (χ4v) is 6.78.